The van der Waals surface area contributed by atoms with Crippen molar-refractivity contribution in [3.8, 4) is 11.1 Å². The molecule has 8 rings (SSSR count). The summed E-state index contributed by atoms with van der Waals surface area (Å²) in [5, 5.41) is 16.2. The summed E-state index contributed by atoms with van der Waals surface area (Å²) in [6.07, 6.45) is 7.62. The zero-order valence-corrected chi connectivity index (χ0v) is 22.7. The Morgan fingerprint density at radius 3 is 2.05 bits per heavy atom. The second-order valence-corrected chi connectivity index (χ2v) is 11.2. The SMILES string of the molecule is CC(C)c1nc2c3ccc(-c4ccc5c(c4)c4ccncc4c4nc(C(C)C)[nH]c54)cc3c3c[nH]ncc3c2n1. The van der Waals surface area contributed by atoms with Crippen molar-refractivity contribution in [2.45, 2.75) is 39.5 Å². The summed E-state index contributed by atoms with van der Waals surface area (Å²) in [6.45, 7) is 8.58. The lowest BCUT2D eigenvalue weighted by atomic mass is 9.94. The third-order valence-corrected chi connectivity index (χ3v) is 8.04. The highest BCUT2D eigenvalue weighted by Crippen LogP contribution is 2.39. The van der Waals surface area contributed by atoms with Gasteiger partial charge in [0, 0.05) is 57.4 Å². The normalized spacial score (nSPS) is 12.4. The molecule has 7 heteroatoms. The van der Waals surface area contributed by atoms with Crippen molar-refractivity contribution in [2.75, 3.05) is 0 Å². The lowest BCUT2D eigenvalue weighted by molar-refractivity contribution is 0.799. The Kier molecular flexibility index (Phi) is 4.77. The molecule has 8 aromatic rings. The predicted octanol–water partition coefficient (Wildman–Crippen LogP) is 8.15. The first kappa shape index (κ1) is 23.0. The van der Waals surface area contributed by atoms with Crippen LogP contribution in [0.1, 0.15) is 51.2 Å². The van der Waals surface area contributed by atoms with E-state index in [9.17, 15) is 0 Å². The Labute approximate surface area is 229 Å². The van der Waals surface area contributed by atoms with Crippen LogP contribution in [0.2, 0.25) is 0 Å². The van der Waals surface area contributed by atoms with Gasteiger partial charge >= 0.3 is 0 Å². The van der Waals surface area contributed by atoms with E-state index in [0.717, 1.165) is 77.2 Å². The minimum Gasteiger partial charge on any atom is -0.341 e. The molecule has 0 saturated carbocycles. The maximum atomic E-state index is 4.96. The molecule has 0 amide bonds. The largest absolute Gasteiger partial charge is 0.341 e. The van der Waals surface area contributed by atoms with E-state index >= 15 is 0 Å². The van der Waals surface area contributed by atoms with Crippen LogP contribution >= 0.6 is 0 Å². The van der Waals surface area contributed by atoms with E-state index in [0.29, 0.717) is 5.92 Å². The van der Waals surface area contributed by atoms with Gasteiger partial charge in [0.25, 0.3) is 0 Å². The molecule has 0 aliphatic rings. The highest BCUT2D eigenvalue weighted by Gasteiger charge is 2.18. The van der Waals surface area contributed by atoms with E-state index in [2.05, 4.69) is 90.3 Å². The number of nitrogens with zero attached hydrogens (tertiary/aromatic N) is 5. The van der Waals surface area contributed by atoms with Gasteiger partial charge in [0.05, 0.1) is 22.7 Å². The fraction of sp³-hybridized carbons (Fsp3) is 0.182. The van der Waals surface area contributed by atoms with E-state index in [4.69, 9.17) is 15.0 Å². The van der Waals surface area contributed by atoms with Gasteiger partial charge in [0.2, 0.25) is 0 Å². The second-order valence-electron chi connectivity index (χ2n) is 11.2. The van der Waals surface area contributed by atoms with E-state index in [1.165, 1.54) is 10.8 Å². The second kappa shape index (κ2) is 8.29. The molecular weight excluding hydrogens is 494 g/mol. The molecule has 0 aliphatic heterocycles. The number of hydrogen-bond acceptors (Lipinski definition) is 5. The summed E-state index contributed by atoms with van der Waals surface area (Å²) in [4.78, 5) is 22.8. The molecule has 0 aliphatic carbocycles. The molecule has 194 valence electrons. The van der Waals surface area contributed by atoms with Crippen LogP contribution in [-0.4, -0.2) is 35.1 Å². The quantitative estimate of drug-likeness (QED) is 0.229. The first-order valence-corrected chi connectivity index (χ1v) is 13.7. The first-order valence-electron chi connectivity index (χ1n) is 13.7. The van der Waals surface area contributed by atoms with Gasteiger partial charge in [0.15, 0.2) is 0 Å². The summed E-state index contributed by atoms with van der Waals surface area (Å²) >= 11 is 0. The number of imidazole rings is 2. The maximum absolute atomic E-state index is 4.96. The van der Waals surface area contributed by atoms with Crippen LogP contribution < -0.4 is 0 Å². The molecule has 4 aromatic heterocycles. The van der Waals surface area contributed by atoms with Gasteiger partial charge in [0.1, 0.15) is 17.2 Å². The summed E-state index contributed by atoms with van der Waals surface area (Å²) < 4.78 is 0. The van der Waals surface area contributed by atoms with Crippen LogP contribution in [0.25, 0.3) is 76.3 Å². The van der Waals surface area contributed by atoms with E-state index in [1.54, 1.807) is 0 Å². The molecule has 7 nitrogen and oxygen atoms in total. The number of aromatic nitrogens is 7. The van der Waals surface area contributed by atoms with Crippen molar-refractivity contribution < 1.29 is 0 Å². The number of aromatic amines is 2. The van der Waals surface area contributed by atoms with Crippen LogP contribution in [0.4, 0.5) is 0 Å². The van der Waals surface area contributed by atoms with Crippen LogP contribution in [0, 0.1) is 0 Å². The van der Waals surface area contributed by atoms with Gasteiger partial charge in [-0.05, 0) is 45.5 Å². The van der Waals surface area contributed by atoms with E-state index in [-0.39, 0.29) is 5.92 Å². The molecule has 0 radical (unpaired) electrons. The fourth-order valence-corrected chi connectivity index (χ4v) is 5.95. The third kappa shape index (κ3) is 3.21. The van der Waals surface area contributed by atoms with Gasteiger partial charge in [-0.1, -0.05) is 52.0 Å². The molecule has 0 saturated heterocycles. The third-order valence-electron chi connectivity index (χ3n) is 8.04. The Morgan fingerprint density at radius 2 is 1.30 bits per heavy atom. The molecule has 0 unspecified atom stereocenters. The smallest absolute Gasteiger partial charge is 0.132 e. The van der Waals surface area contributed by atoms with Gasteiger partial charge in [-0.3, -0.25) is 10.1 Å². The van der Waals surface area contributed by atoms with Crippen LogP contribution in [0.15, 0.2) is 67.3 Å². The Hall–Kier alpha value is -4.91. The Balaban J connectivity index is 1.41. The number of H-pyrrole nitrogens is 2. The minimum absolute atomic E-state index is 0.251. The lowest BCUT2D eigenvalue weighted by Gasteiger charge is -2.11. The zero-order valence-electron chi connectivity index (χ0n) is 22.7. The van der Waals surface area contributed by atoms with Crippen molar-refractivity contribution in [2.24, 2.45) is 0 Å². The van der Waals surface area contributed by atoms with Crippen molar-refractivity contribution in [3.05, 3.63) is 78.9 Å². The van der Waals surface area contributed by atoms with Gasteiger partial charge in [-0.2, -0.15) is 5.10 Å². The van der Waals surface area contributed by atoms with Crippen LogP contribution in [0.5, 0.6) is 0 Å². The predicted molar refractivity (Wildman–Crippen MR) is 163 cm³/mol. The average Bonchev–Trinajstić information content (AvgIpc) is 3.64. The monoisotopic (exact) mass is 521 g/mol. The molecule has 0 spiro atoms. The number of nitrogens with one attached hydrogen (secondary N) is 2. The minimum atomic E-state index is 0.251. The van der Waals surface area contributed by atoms with Gasteiger partial charge in [-0.25, -0.2) is 15.0 Å². The number of fused-ring (bicyclic) bond motifs is 12. The Bertz CT molecular complexity index is 2130. The fourth-order valence-electron chi connectivity index (χ4n) is 5.95. The standard InChI is InChI=1S/C33H27N7/c1-16(2)32-37-28-21-7-5-18(11-23(21)20-9-10-34-13-26(20)30(28)39-32)19-6-8-22-24(12-19)25-14-35-36-15-27(25)31-29(22)38-33(40-31)17(3)4/h5-17,35H,1-4H3,(H,37,39). The molecular formula is C33H27N7. The summed E-state index contributed by atoms with van der Waals surface area (Å²) in [5.41, 5.74) is 6.19. The maximum Gasteiger partial charge on any atom is 0.132 e. The molecule has 0 fully saturated rings. The number of rotatable bonds is 3. The topological polar surface area (TPSA) is 96.0 Å². The number of pyridine rings is 1. The van der Waals surface area contributed by atoms with Crippen molar-refractivity contribution >= 4 is 65.2 Å². The summed E-state index contributed by atoms with van der Waals surface area (Å²) in [6, 6.07) is 15.5. The first-order chi connectivity index (χ1) is 19.5. The molecule has 2 N–H and O–H groups in total. The van der Waals surface area contributed by atoms with Gasteiger partial charge in [-0.15, -0.1) is 0 Å². The van der Waals surface area contributed by atoms with E-state index in [1.807, 2.05) is 24.8 Å². The highest BCUT2D eigenvalue weighted by atomic mass is 15.1. The summed E-state index contributed by atoms with van der Waals surface area (Å²) in [5.74, 6) is 2.42. The van der Waals surface area contributed by atoms with Crippen LogP contribution in [-0.2, 0) is 0 Å². The molecule has 4 heterocycles. The molecule has 4 aromatic carbocycles. The zero-order chi connectivity index (χ0) is 27.1. The molecule has 0 bridgehead atoms. The Morgan fingerprint density at radius 1 is 0.600 bits per heavy atom. The molecule has 0 atom stereocenters. The van der Waals surface area contributed by atoms with Gasteiger partial charge < -0.3 is 4.98 Å². The van der Waals surface area contributed by atoms with Crippen LogP contribution in [0.3, 0.4) is 0 Å². The highest BCUT2D eigenvalue weighted by molar-refractivity contribution is 6.25. The number of benzene rings is 4. The van der Waals surface area contributed by atoms with Crippen molar-refractivity contribution in [3.63, 3.8) is 0 Å². The number of hydrogen-bond donors (Lipinski definition) is 2. The van der Waals surface area contributed by atoms with E-state index < -0.39 is 0 Å². The average molecular weight is 522 g/mol. The van der Waals surface area contributed by atoms with Crippen molar-refractivity contribution in [1.82, 2.24) is 35.1 Å². The molecule has 40 heavy (non-hydrogen) atoms. The lowest BCUT2D eigenvalue weighted by Crippen LogP contribution is -1.88. The summed E-state index contributed by atoms with van der Waals surface area (Å²) in [7, 11) is 0. The van der Waals surface area contributed by atoms with Crippen molar-refractivity contribution in [1.29, 1.82) is 0 Å².